The van der Waals surface area contributed by atoms with Crippen LogP contribution in [0.1, 0.15) is 0 Å². The molecule has 10 N–H and O–H groups in total. The summed E-state index contributed by atoms with van der Waals surface area (Å²) in [6, 6.07) is 0.487. The molecule has 0 saturated heterocycles. The molecule has 1 aromatic heterocycles. The van der Waals surface area contributed by atoms with Gasteiger partial charge in [-0.3, -0.25) is 0 Å². The Morgan fingerprint density at radius 1 is 0.773 bits per heavy atom. The lowest BCUT2D eigenvalue weighted by molar-refractivity contribution is 0.163. The van der Waals surface area contributed by atoms with Crippen molar-refractivity contribution < 1.29 is 52.1 Å². The van der Waals surface area contributed by atoms with Crippen LogP contribution in [0, 0.1) is 0 Å². The summed E-state index contributed by atoms with van der Waals surface area (Å²) in [4.78, 5) is 92.4. The van der Waals surface area contributed by atoms with Crippen molar-refractivity contribution in [3.8, 4) is 0 Å². The normalized spacial score (nSPS) is 14.5. The van der Waals surface area contributed by atoms with Gasteiger partial charge in [0, 0.05) is 12.1 Å². The lowest BCUT2D eigenvalue weighted by Gasteiger charge is -2.25. The Morgan fingerprint density at radius 3 is 1.68 bits per heavy atom. The molecule has 0 bridgehead atoms. The SMILES string of the molecule is O[Si](O)(O)CC[Si](O)(O)O[Si](O)(O)c1ccc([Si](O)(O)O)s1. The van der Waals surface area contributed by atoms with Gasteiger partial charge in [-0.05, 0) is 12.1 Å². The summed E-state index contributed by atoms with van der Waals surface area (Å²) in [5.41, 5.74) is 0. The van der Waals surface area contributed by atoms with Crippen molar-refractivity contribution in [1.29, 1.82) is 0 Å². The predicted molar refractivity (Wildman–Crippen MR) is 79.5 cm³/mol. The van der Waals surface area contributed by atoms with Gasteiger partial charge in [0.2, 0.25) is 0 Å². The maximum Gasteiger partial charge on any atom is 0.539 e. The summed E-state index contributed by atoms with van der Waals surface area (Å²) >= 11 is 0.420. The third-order valence-electron chi connectivity index (χ3n) is 2.35. The molecule has 0 aliphatic rings. The van der Waals surface area contributed by atoms with Gasteiger partial charge in [0.15, 0.2) is 0 Å². The van der Waals surface area contributed by atoms with Crippen LogP contribution in [-0.4, -0.2) is 83.2 Å². The number of hydrogen-bond acceptors (Lipinski definition) is 12. The number of rotatable bonds is 7. The third-order valence-corrected chi connectivity index (χ3v) is 11.7. The Bertz CT molecular complexity index is 505. The molecule has 0 unspecified atom stereocenters. The van der Waals surface area contributed by atoms with Crippen LogP contribution < -0.4 is 9.00 Å². The van der Waals surface area contributed by atoms with Crippen LogP contribution in [0.25, 0.3) is 0 Å². The Balaban J connectivity index is 2.83. The van der Waals surface area contributed by atoms with E-state index in [4.69, 9.17) is 28.8 Å². The Kier molecular flexibility index (Phi) is 6.01. The van der Waals surface area contributed by atoms with Crippen LogP contribution in [0.2, 0.25) is 12.1 Å². The zero-order valence-corrected chi connectivity index (χ0v) is 15.7. The van der Waals surface area contributed by atoms with Crippen LogP contribution in [0.3, 0.4) is 0 Å². The van der Waals surface area contributed by atoms with Crippen LogP contribution in [0.15, 0.2) is 12.1 Å². The number of thiophene rings is 1. The zero-order chi connectivity index (χ0) is 17.4. The molecule has 16 heteroatoms. The second kappa shape index (κ2) is 6.56. The van der Waals surface area contributed by atoms with E-state index in [0.29, 0.717) is 11.3 Å². The molecular weight excluding hydrogens is 392 g/mol. The van der Waals surface area contributed by atoms with Gasteiger partial charge in [-0.15, -0.1) is 11.3 Å². The van der Waals surface area contributed by atoms with Gasteiger partial charge in [0.1, 0.15) is 0 Å². The molecular formula is C6H16O11SSi4. The molecule has 0 fully saturated rings. The van der Waals surface area contributed by atoms with Crippen molar-refractivity contribution in [3.05, 3.63) is 12.1 Å². The summed E-state index contributed by atoms with van der Waals surface area (Å²) in [7, 11) is -18.7. The molecule has 0 saturated carbocycles. The highest BCUT2D eigenvalue weighted by Gasteiger charge is 2.50. The summed E-state index contributed by atoms with van der Waals surface area (Å²) in [5, 5.41) is 0. The van der Waals surface area contributed by atoms with Gasteiger partial charge in [0.25, 0.3) is 0 Å². The summed E-state index contributed by atoms with van der Waals surface area (Å²) in [5.74, 6) is 0. The standard InChI is InChI=1S/C6H16O11SSi4/c7-19(8,9)3-4-20(10,11)17-22(15,16)6-2-1-5(18-6)21(12,13)14/h1-2,7-16H,3-4H2. The first kappa shape index (κ1) is 20.2. The first-order valence-corrected chi connectivity index (χ1v) is 14.2. The fourth-order valence-corrected chi connectivity index (χ4v) is 10.2. The molecule has 1 heterocycles. The maximum absolute atomic E-state index is 9.82. The van der Waals surface area contributed by atoms with E-state index < -0.39 is 47.3 Å². The van der Waals surface area contributed by atoms with E-state index in [1.54, 1.807) is 0 Å². The first-order valence-electron chi connectivity index (χ1n) is 5.67. The molecule has 22 heavy (non-hydrogen) atoms. The van der Waals surface area contributed by atoms with Crippen molar-refractivity contribution in [2.75, 3.05) is 0 Å². The fourth-order valence-electron chi connectivity index (χ4n) is 1.35. The highest BCUT2D eigenvalue weighted by atomic mass is 32.1. The number of hydrogen-bond donors (Lipinski definition) is 10. The van der Waals surface area contributed by atoms with E-state index in [9.17, 15) is 19.2 Å². The van der Waals surface area contributed by atoms with E-state index in [0.717, 1.165) is 12.1 Å². The van der Waals surface area contributed by atoms with Crippen LogP contribution in [-0.2, 0) is 4.12 Å². The van der Waals surface area contributed by atoms with Gasteiger partial charge < -0.3 is 52.1 Å². The van der Waals surface area contributed by atoms with Crippen LogP contribution in [0.5, 0.6) is 0 Å². The first-order chi connectivity index (χ1) is 9.62. The molecule has 0 aliphatic carbocycles. The molecule has 0 atom stereocenters. The average Bonchev–Trinajstić information content (AvgIpc) is 2.73. The topological polar surface area (TPSA) is 212 Å². The predicted octanol–water partition coefficient (Wildman–Crippen LogP) is -6.14. The van der Waals surface area contributed by atoms with Crippen molar-refractivity contribution in [1.82, 2.24) is 0 Å². The van der Waals surface area contributed by atoms with Crippen molar-refractivity contribution >= 4 is 55.6 Å². The van der Waals surface area contributed by atoms with Gasteiger partial charge in [-0.25, -0.2) is 0 Å². The lowest BCUT2D eigenvalue weighted by atomic mass is 10.7. The van der Waals surface area contributed by atoms with Crippen LogP contribution >= 0.6 is 11.3 Å². The summed E-state index contributed by atoms with van der Waals surface area (Å²) in [6.07, 6.45) is 0. The molecule has 11 nitrogen and oxygen atoms in total. The largest absolute Gasteiger partial charge is 0.539 e. The van der Waals surface area contributed by atoms with Gasteiger partial charge in [-0.2, -0.15) is 0 Å². The monoisotopic (exact) mass is 408 g/mol. The highest BCUT2D eigenvalue weighted by molar-refractivity contribution is 7.32. The Labute approximate surface area is 132 Å². The second-order valence-corrected chi connectivity index (χ2v) is 14.8. The quantitative estimate of drug-likeness (QED) is 0.192. The van der Waals surface area contributed by atoms with Crippen molar-refractivity contribution in [2.24, 2.45) is 0 Å². The van der Waals surface area contributed by atoms with E-state index in [-0.39, 0.29) is 9.00 Å². The summed E-state index contributed by atoms with van der Waals surface area (Å²) in [6.45, 7) is 0. The minimum atomic E-state index is -4.83. The van der Waals surface area contributed by atoms with E-state index in [1.165, 1.54) is 0 Å². The molecule has 1 rings (SSSR count). The van der Waals surface area contributed by atoms with Crippen molar-refractivity contribution in [2.45, 2.75) is 12.1 Å². The molecule has 1 aromatic rings. The highest BCUT2D eigenvalue weighted by Crippen LogP contribution is 2.16. The van der Waals surface area contributed by atoms with Crippen LogP contribution in [0.4, 0.5) is 0 Å². The van der Waals surface area contributed by atoms with E-state index in [2.05, 4.69) is 4.12 Å². The third kappa shape index (κ3) is 6.32. The fraction of sp³-hybridized carbons (Fsp3) is 0.333. The maximum atomic E-state index is 9.82. The Hall–Kier alpha value is 0.128. The average molecular weight is 409 g/mol. The Morgan fingerprint density at radius 2 is 1.27 bits per heavy atom. The van der Waals surface area contributed by atoms with Gasteiger partial charge in [0.05, 0.1) is 9.00 Å². The molecule has 0 aromatic carbocycles. The van der Waals surface area contributed by atoms with Crippen molar-refractivity contribution in [3.63, 3.8) is 0 Å². The lowest BCUT2D eigenvalue weighted by Crippen LogP contribution is -2.60. The molecule has 128 valence electrons. The van der Waals surface area contributed by atoms with Gasteiger partial charge in [-0.1, -0.05) is 0 Å². The molecule has 0 aliphatic heterocycles. The second-order valence-electron chi connectivity index (χ2n) is 4.53. The van der Waals surface area contributed by atoms with E-state index in [1.807, 2.05) is 0 Å². The molecule has 0 amide bonds. The molecule has 0 spiro atoms. The van der Waals surface area contributed by atoms with E-state index >= 15 is 0 Å². The minimum absolute atomic E-state index is 0.318. The smallest absolute Gasteiger partial charge is 0.390 e. The zero-order valence-electron chi connectivity index (χ0n) is 10.9. The minimum Gasteiger partial charge on any atom is -0.390 e. The molecule has 0 radical (unpaired) electrons. The summed E-state index contributed by atoms with van der Waals surface area (Å²) < 4.78 is 3.85. The van der Waals surface area contributed by atoms with Gasteiger partial charge >= 0.3 is 35.2 Å².